The molecule has 3 heteroatoms. The molecule has 1 fully saturated rings. The topological polar surface area (TPSA) is 35.2 Å². The number of nitrogens with two attached hydrogens (primary N) is 1. The predicted octanol–water partition coefficient (Wildman–Crippen LogP) is 3.39. The molecule has 0 radical (unpaired) electrons. The largest absolute Gasteiger partial charge is 0.496 e. The quantitative estimate of drug-likeness (QED) is 0.859. The number of rotatable bonds is 2. The molecule has 1 aromatic rings. The van der Waals surface area contributed by atoms with E-state index >= 15 is 0 Å². The van der Waals surface area contributed by atoms with Gasteiger partial charge in [0.05, 0.1) is 7.11 Å². The molecule has 1 aliphatic rings. The maximum Gasteiger partial charge on any atom is 0.126 e. The first-order valence-corrected chi connectivity index (χ1v) is 6.08. The molecule has 2 nitrogen and oxygen atoms in total. The van der Waals surface area contributed by atoms with E-state index in [4.69, 9.17) is 22.1 Å². The monoisotopic (exact) mass is 239 g/mol. The van der Waals surface area contributed by atoms with Crippen LogP contribution in [0.2, 0.25) is 5.02 Å². The summed E-state index contributed by atoms with van der Waals surface area (Å²) >= 11 is 6.11. The number of halogens is 1. The van der Waals surface area contributed by atoms with Gasteiger partial charge in [0.15, 0.2) is 0 Å². The van der Waals surface area contributed by atoms with E-state index in [9.17, 15) is 0 Å². The molecule has 1 aromatic carbocycles. The second kappa shape index (κ2) is 4.27. The summed E-state index contributed by atoms with van der Waals surface area (Å²) in [4.78, 5) is 0. The Balaban J connectivity index is 2.53. The number of hydrogen-bond acceptors (Lipinski definition) is 2. The molecule has 0 spiro atoms. The maximum absolute atomic E-state index is 6.46. The average Bonchev–Trinajstić information content (AvgIpc) is 2.65. The SMILES string of the molecule is COc1c(C)cc(Cl)cc1C1(N)CCCC1. The van der Waals surface area contributed by atoms with Crippen molar-refractivity contribution in [2.24, 2.45) is 5.73 Å². The molecule has 0 amide bonds. The number of methoxy groups -OCH3 is 1. The molecule has 1 aliphatic carbocycles. The fourth-order valence-corrected chi connectivity index (χ4v) is 2.92. The molecule has 16 heavy (non-hydrogen) atoms. The molecular weight excluding hydrogens is 222 g/mol. The lowest BCUT2D eigenvalue weighted by Crippen LogP contribution is -2.33. The Morgan fingerprint density at radius 1 is 1.31 bits per heavy atom. The third-order valence-corrected chi connectivity index (χ3v) is 3.69. The van der Waals surface area contributed by atoms with Gasteiger partial charge < -0.3 is 10.5 Å². The van der Waals surface area contributed by atoms with Crippen LogP contribution in [-0.4, -0.2) is 7.11 Å². The van der Waals surface area contributed by atoms with Crippen molar-refractivity contribution in [1.82, 2.24) is 0 Å². The van der Waals surface area contributed by atoms with Gasteiger partial charge in [-0.2, -0.15) is 0 Å². The van der Waals surface area contributed by atoms with E-state index in [1.807, 2.05) is 19.1 Å². The molecule has 0 aliphatic heterocycles. The van der Waals surface area contributed by atoms with Gasteiger partial charge in [0, 0.05) is 16.1 Å². The minimum absolute atomic E-state index is 0.249. The van der Waals surface area contributed by atoms with Crippen LogP contribution in [0.3, 0.4) is 0 Å². The van der Waals surface area contributed by atoms with Crippen molar-refractivity contribution in [3.63, 3.8) is 0 Å². The van der Waals surface area contributed by atoms with E-state index in [0.29, 0.717) is 0 Å². The first-order chi connectivity index (χ1) is 7.57. The second-order valence-corrected chi connectivity index (χ2v) is 5.10. The number of aryl methyl sites for hydroxylation is 1. The second-order valence-electron chi connectivity index (χ2n) is 4.67. The zero-order chi connectivity index (χ0) is 11.8. The molecule has 0 saturated heterocycles. The summed E-state index contributed by atoms with van der Waals surface area (Å²) in [5.41, 5.74) is 8.33. The Morgan fingerprint density at radius 3 is 2.50 bits per heavy atom. The molecule has 0 aromatic heterocycles. The fraction of sp³-hybridized carbons (Fsp3) is 0.538. The van der Waals surface area contributed by atoms with Crippen LogP contribution in [0.4, 0.5) is 0 Å². The molecule has 88 valence electrons. The standard InChI is InChI=1S/C13H18ClNO/c1-9-7-10(14)8-11(12(9)16-2)13(15)5-3-4-6-13/h7-8H,3-6,15H2,1-2H3. The fourth-order valence-electron chi connectivity index (χ4n) is 2.65. The molecule has 0 heterocycles. The van der Waals surface area contributed by atoms with Gasteiger partial charge in [-0.25, -0.2) is 0 Å². The molecule has 2 N–H and O–H groups in total. The normalized spacial score (nSPS) is 18.8. The van der Waals surface area contributed by atoms with Gasteiger partial charge in [-0.3, -0.25) is 0 Å². The van der Waals surface area contributed by atoms with Crippen LogP contribution in [0.25, 0.3) is 0 Å². The smallest absolute Gasteiger partial charge is 0.126 e. The highest BCUT2D eigenvalue weighted by Gasteiger charge is 2.34. The van der Waals surface area contributed by atoms with Crippen LogP contribution < -0.4 is 10.5 Å². The van der Waals surface area contributed by atoms with E-state index in [1.54, 1.807) is 7.11 Å². The maximum atomic E-state index is 6.46. The Bertz CT molecular complexity index is 397. The summed E-state index contributed by atoms with van der Waals surface area (Å²) in [5, 5.41) is 0.741. The minimum atomic E-state index is -0.249. The average molecular weight is 240 g/mol. The van der Waals surface area contributed by atoms with E-state index in [0.717, 1.165) is 34.7 Å². The van der Waals surface area contributed by atoms with Gasteiger partial charge in [-0.05, 0) is 37.5 Å². The van der Waals surface area contributed by atoms with Crippen molar-refractivity contribution in [3.8, 4) is 5.75 Å². The van der Waals surface area contributed by atoms with Crippen LogP contribution >= 0.6 is 11.6 Å². The first-order valence-electron chi connectivity index (χ1n) is 5.70. The summed E-state index contributed by atoms with van der Waals surface area (Å²) < 4.78 is 5.47. The molecule has 1 saturated carbocycles. The van der Waals surface area contributed by atoms with Crippen molar-refractivity contribution >= 4 is 11.6 Å². The Hall–Kier alpha value is -0.730. The van der Waals surface area contributed by atoms with Crippen molar-refractivity contribution < 1.29 is 4.74 Å². The van der Waals surface area contributed by atoms with Crippen LogP contribution in [0.5, 0.6) is 5.75 Å². The van der Waals surface area contributed by atoms with Crippen molar-refractivity contribution in [2.75, 3.05) is 7.11 Å². The predicted molar refractivity (Wildman–Crippen MR) is 67.1 cm³/mol. The minimum Gasteiger partial charge on any atom is -0.496 e. The summed E-state index contributed by atoms with van der Waals surface area (Å²) in [6, 6.07) is 3.88. The lowest BCUT2D eigenvalue weighted by molar-refractivity contribution is 0.377. The van der Waals surface area contributed by atoms with Gasteiger partial charge in [0.2, 0.25) is 0 Å². The zero-order valence-corrected chi connectivity index (χ0v) is 10.6. The van der Waals surface area contributed by atoms with E-state index in [2.05, 4.69) is 0 Å². The summed E-state index contributed by atoms with van der Waals surface area (Å²) in [6.07, 6.45) is 4.41. The lowest BCUT2D eigenvalue weighted by atomic mass is 9.87. The van der Waals surface area contributed by atoms with Gasteiger partial charge in [0.25, 0.3) is 0 Å². The molecule has 2 rings (SSSR count). The van der Waals surface area contributed by atoms with Gasteiger partial charge in [-0.1, -0.05) is 24.4 Å². The number of hydrogen-bond donors (Lipinski definition) is 1. The third kappa shape index (κ3) is 1.92. The van der Waals surface area contributed by atoms with Crippen molar-refractivity contribution in [1.29, 1.82) is 0 Å². The Morgan fingerprint density at radius 2 is 1.94 bits per heavy atom. The Labute approximate surface area is 102 Å². The molecule has 0 bridgehead atoms. The highest BCUT2D eigenvalue weighted by atomic mass is 35.5. The highest BCUT2D eigenvalue weighted by molar-refractivity contribution is 6.30. The third-order valence-electron chi connectivity index (χ3n) is 3.48. The molecular formula is C13H18ClNO. The highest BCUT2D eigenvalue weighted by Crippen LogP contribution is 2.42. The lowest BCUT2D eigenvalue weighted by Gasteiger charge is -2.27. The summed E-state index contributed by atoms with van der Waals surface area (Å²) in [5.74, 6) is 0.897. The van der Waals surface area contributed by atoms with Crippen LogP contribution in [0.15, 0.2) is 12.1 Å². The van der Waals surface area contributed by atoms with Crippen LogP contribution in [0.1, 0.15) is 36.8 Å². The van der Waals surface area contributed by atoms with Crippen LogP contribution in [-0.2, 0) is 5.54 Å². The zero-order valence-electron chi connectivity index (χ0n) is 9.85. The van der Waals surface area contributed by atoms with Crippen molar-refractivity contribution in [2.45, 2.75) is 38.1 Å². The van der Waals surface area contributed by atoms with Gasteiger partial charge in [0.1, 0.15) is 5.75 Å². The Kier molecular flexibility index (Phi) is 3.13. The molecule has 0 unspecified atom stereocenters. The summed E-state index contributed by atoms with van der Waals surface area (Å²) in [7, 11) is 1.69. The van der Waals surface area contributed by atoms with Gasteiger partial charge in [-0.15, -0.1) is 0 Å². The summed E-state index contributed by atoms with van der Waals surface area (Å²) in [6.45, 7) is 2.01. The van der Waals surface area contributed by atoms with Crippen molar-refractivity contribution in [3.05, 3.63) is 28.3 Å². The first kappa shape index (κ1) is 11.7. The van der Waals surface area contributed by atoms with E-state index < -0.39 is 0 Å². The molecule has 0 atom stereocenters. The van der Waals surface area contributed by atoms with E-state index in [-0.39, 0.29) is 5.54 Å². The van der Waals surface area contributed by atoms with Gasteiger partial charge >= 0.3 is 0 Å². The van der Waals surface area contributed by atoms with Crippen LogP contribution in [0, 0.1) is 6.92 Å². The van der Waals surface area contributed by atoms with E-state index in [1.165, 1.54) is 12.8 Å². The number of benzene rings is 1. The number of ether oxygens (including phenoxy) is 1.